The van der Waals surface area contributed by atoms with Gasteiger partial charge in [0.2, 0.25) is 11.4 Å². The minimum atomic E-state index is -1.44. The molecule has 18 heavy (non-hydrogen) atoms. The van der Waals surface area contributed by atoms with Crippen molar-refractivity contribution in [2.75, 3.05) is 11.9 Å². The predicted molar refractivity (Wildman–Crippen MR) is 65.3 cm³/mol. The average Bonchev–Trinajstić information content (AvgIpc) is 2.81. The number of carbonyl (C=O) groups excluding carboxylic acids is 2. The summed E-state index contributed by atoms with van der Waals surface area (Å²) in [6.07, 6.45) is -1.44. The SMILES string of the molecule is CN1C(=O)N(c2nnc(C(C)(C)C)s2)C(=O)C1O. The number of imide groups is 1. The van der Waals surface area contributed by atoms with Crippen LogP contribution in [0.3, 0.4) is 0 Å². The van der Waals surface area contributed by atoms with E-state index in [4.69, 9.17) is 0 Å². The number of carbonyl (C=O) groups is 2. The number of rotatable bonds is 1. The molecular formula is C10H14N4O3S. The summed E-state index contributed by atoms with van der Waals surface area (Å²) in [7, 11) is 1.36. The van der Waals surface area contributed by atoms with Crippen LogP contribution in [0.4, 0.5) is 9.93 Å². The van der Waals surface area contributed by atoms with E-state index in [1.54, 1.807) is 0 Å². The van der Waals surface area contributed by atoms with Crippen LogP contribution in [0.2, 0.25) is 0 Å². The number of hydrogen-bond donors (Lipinski definition) is 1. The van der Waals surface area contributed by atoms with Crippen molar-refractivity contribution in [1.82, 2.24) is 15.1 Å². The Morgan fingerprint density at radius 1 is 1.28 bits per heavy atom. The topological polar surface area (TPSA) is 86.6 Å². The third-order valence-electron chi connectivity index (χ3n) is 2.55. The van der Waals surface area contributed by atoms with Crippen molar-refractivity contribution < 1.29 is 14.7 Å². The number of hydrogen-bond acceptors (Lipinski definition) is 6. The van der Waals surface area contributed by atoms with Gasteiger partial charge in [0.1, 0.15) is 5.01 Å². The van der Waals surface area contributed by atoms with Gasteiger partial charge in [0.15, 0.2) is 0 Å². The Balaban J connectivity index is 2.36. The van der Waals surface area contributed by atoms with Crippen molar-refractivity contribution in [2.45, 2.75) is 32.4 Å². The molecule has 0 spiro atoms. The van der Waals surface area contributed by atoms with E-state index in [0.29, 0.717) is 0 Å². The lowest BCUT2D eigenvalue weighted by molar-refractivity contribution is -0.128. The maximum Gasteiger partial charge on any atom is 0.335 e. The molecule has 7 nitrogen and oxygen atoms in total. The van der Waals surface area contributed by atoms with Crippen LogP contribution in [-0.2, 0) is 10.2 Å². The van der Waals surface area contributed by atoms with Crippen molar-refractivity contribution >= 4 is 28.4 Å². The lowest BCUT2D eigenvalue weighted by atomic mass is 9.98. The van der Waals surface area contributed by atoms with Crippen LogP contribution in [0.5, 0.6) is 0 Å². The highest BCUT2D eigenvalue weighted by Gasteiger charge is 2.44. The molecular weight excluding hydrogens is 256 g/mol. The van der Waals surface area contributed by atoms with Crippen LogP contribution in [0.1, 0.15) is 25.8 Å². The van der Waals surface area contributed by atoms with Crippen LogP contribution in [0.25, 0.3) is 0 Å². The molecule has 0 saturated carbocycles. The number of likely N-dealkylation sites (N-methyl/N-ethyl adjacent to an activating group) is 1. The molecule has 1 atom stereocenters. The largest absolute Gasteiger partial charge is 0.365 e. The smallest absolute Gasteiger partial charge is 0.335 e. The minimum Gasteiger partial charge on any atom is -0.365 e. The molecule has 8 heteroatoms. The van der Waals surface area contributed by atoms with E-state index in [0.717, 1.165) is 14.8 Å². The second-order valence-electron chi connectivity index (χ2n) is 5.08. The number of aromatic nitrogens is 2. The first-order chi connectivity index (χ1) is 8.23. The monoisotopic (exact) mass is 270 g/mol. The van der Waals surface area contributed by atoms with Gasteiger partial charge in [0, 0.05) is 12.5 Å². The zero-order valence-corrected chi connectivity index (χ0v) is 11.4. The Hall–Kier alpha value is -1.54. The van der Waals surface area contributed by atoms with E-state index in [1.807, 2.05) is 20.8 Å². The van der Waals surface area contributed by atoms with Crippen molar-refractivity contribution in [1.29, 1.82) is 0 Å². The fraction of sp³-hybridized carbons (Fsp3) is 0.600. The highest BCUT2D eigenvalue weighted by atomic mass is 32.1. The Kier molecular flexibility index (Phi) is 2.86. The minimum absolute atomic E-state index is 0.193. The first-order valence-corrected chi connectivity index (χ1v) is 6.18. The van der Waals surface area contributed by atoms with Gasteiger partial charge < -0.3 is 5.11 Å². The van der Waals surface area contributed by atoms with Crippen molar-refractivity contribution in [3.63, 3.8) is 0 Å². The highest BCUT2D eigenvalue weighted by Crippen LogP contribution is 2.32. The van der Waals surface area contributed by atoms with Crippen LogP contribution in [0, 0.1) is 0 Å². The number of anilines is 1. The number of urea groups is 1. The molecule has 1 fully saturated rings. The van der Waals surface area contributed by atoms with E-state index < -0.39 is 18.2 Å². The molecule has 1 N–H and O–H groups in total. The zero-order chi connectivity index (χ0) is 13.7. The third kappa shape index (κ3) is 1.87. The van der Waals surface area contributed by atoms with Gasteiger partial charge in [-0.1, -0.05) is 32.1 Å². The van der Waals surface area contributed by atoms with E-state index in [1.165, 1.54) is 18.4 Å². The summed E-state index contributed by atoms with van der Waals surface area (Å²) in [6, 6.07) is -0.593. The molecule has 1 aromatic rings. The van der Waals surface area contributed by atoms with Gasteiger partial charge in [-0.05, 0) is 0 Å². The first-order valence-electron chi connectivity index (χ1n) is 5.36. The van der Waals surface area contributed by atoms with Crippen molar-refractivity contribution in [3.05, 3.63) is 5.01 Å². The average molecular weight is 270 g/mol. The normalized spacial score (nSPS) is 21.1. The lowest BCUT2D eigenvalue weighted by Crippen LogP contribution is -2.31. The Labute approximate surface area is 108 Å². The molecule has 0 radical (unpaired) electrons. The Bertz CT molecular complexity index is 487. The highest BCUT2D eigenvalue weighted by molar-refractivity contribution is 7.15. The summed E-state index contributed by atoms with van der Waals surface area (Å²) in [6.45, 7) is 5.89. The molecule has 0 bridgehead atoms. The maximum atomic E-state index is 11.8. The number of nitrogens with zero attached hydrogens (tertiary/aromatic N) is 4. The first kappa shape index (κ1) is 12.9. The summed E-state index contributed by atoms with van der Waals surface area (Å²) in [5.74, 6) is -0.695. The van der Waals surface area contributed by atoms with Crippen LogP contribution >= 0.6 is 11.3 Å². The summed E-state index contributed by atoms with van der Waals surface area (Å²) in [5.41, 5.74) is -0.202. The van der Waals surface area contributed by atoms with Gasteiger partial charge in [-0.2, -0.15) is 0 Å². The molecule has 1 aliphatic rings. The maximum absolute atomic E-state index is 11.8. The van der Waals surface area contributed by atoms with Crippen LogP contribution in [-0.4, -0.2) is 45.4 Å². The van der Waals surface area contributed by atoms with E-state index >= 15 is 0 Å². The molecule has 2 rings (SSSR count). The molecule has 1 aromatic heterocycles. The Morgan fingerprint density at radius 3 is 2.28 bits per heavy atom. The molecule has 2 heterocycles. The summed E-state index contributed by atoms with van der Waals surface area (Å²) >= 11 is 1.17. The number of aliphatic hydroxyl groups excluding tert-OH is 1. The van der Waals surface area contributed by atoms with Gasteiger partial charge >= 0.3 is 6.03 Å². The van der Waals surface area contributed by atoms with Gasteiger partial charge in [0.05, 0.1) is 0 Å². The van der Waals surface area contributed by atoms with E-state index in [9.17, 15) is 14.7 Å². The number of aliphatic hydroxyl groups is 1. The second kappa shape index (κ2) is 3.99. The van der Waals surface area contributed by atoms with E-state index in [-0.39, 0.29) is 10.5 Å². The fourth-order valence-corrected chi connectivity index (χ4v) is 2.32. The summed E-state index contributed by atoms with van der Waals surface area (Å²) in [4.78, 5) is 25.4. The molecule has 3 amide bonds. The van der Waals surface area contributed by atoms with Crippen LogP contribution in [0.15, 0.2) is 0 Å². The quantitative estimate of drug-likeness (QED) is 0.753. The third-order valence-corrected chi connectivity index (χ3v) is 3.88. The van der Waals surface area contributed by atoms with Gasteiger partial charge in [0.25, 0.3) is 5.91 Å². The zero-order valence-electron chi connectivity index (χ0n) is 10.5. The summed E-state index contributed by atoms with van der Waals surface area (Å²) < 4.78 is 0. The fourth-order valence-electron chi connectivity index (χ4n) is 1.42. The van der Waals surface area contributed by atoms with Gasteiger partial charge in [-0.25, -0.2) is 9.69 Å². The second-order valence-corrected chi connectivity index (χ2v) is 6.04. The summed E-state index contributed by atoms with van der Waals surface area (Å²) in [5, 5.41) is 18.2. The molecule has 1 saturated heterocycles. The van der Waals surface area contributed by atoms with E-state index in [2.05, 4.69) is 10.2 Å². The van der Waals surface area contributed by atoms with Gasteiger partial charge in [-0.3, -0.25) is 9.69 Å². The molecule has 1 aliphatic heterocycles. The molecule has 0 aliphatic carbocycles. The molecule has 0 aromatic carbocycles. The Morgan fingerprint density at radius 2 is 1.89 bits per heavy atom. The molecule has 1 unspecified atom stereocenters. The predicted octanol–water partition coefficient (Wildman–Crippen LogP) is 0.552. The molecule has 98 valence electrons. The van der Waals surface area contributed by atoms with Crippen LogP contribution < -0.4 is 4.90 Å². The van der Waals surface area contributed by atoms with Gasteiger partial charge in [-0.15, -0.1) is 10.2 Å². The van der Waals surface area contributed by atoms with Crippen molar-refractivity contribution in [2.24, 2.45) is 0 Å². The standard InChI is InChI=1S/C10H14N4O3S/c1-10(2,3)7-11-12-8(18-7)14-6(16)5(15)13(4)9(14)17/h5,15H,1-4H3. The van der Waals surface area contributed by atoms with Crippen molar-refractivity contribution in [3.8, 4) is 0 Å². The number of amides is 3. The lowest BCUT2D eigenvalue weighted by Gasteiger charge is -2.12.